The van der Waals surface area contributed by atoms with Crippen LogP contribution >= 0.6 is 0 Å². The lowest BCUT2D eigenvalue weighted by Gasteiger charge is -2.16. The second-order valence-electron chi connectivity index (χ2n) is 5.80. The van der Waals surface area contributed by atoms with Crippen LogP contribution in [0.5, 0.6) is 5.88 Å². The van der Waals surface area contributed by atoms with E-state index in [1.807, 2.05) is 0 Å². The standard InChI is InChI=1S/C14H19F2N3O2/c15-14(16)4-2-10(8-14)3-5-17-12(20)11-9-18-19-6-1-7-21-13(11)19/h9-10H,1-8H2,(H,17,20)/t10-/m1/s1. The van der Waals surface area contributed by atoms with Crippen molar-refractivity contribution in [2.45, 2.75) is 44.6 Å². The van der Waals surface area contributed by atoms with Crippen molar-refractivity contribution < 1.29 is 18.3 Å². The third-order valence-corrected chi connectivity index (χ3v) is 4.13. The van der Waals surface area contributed by atoms with E-state index in [2.05, 4.69) is 10.4 Å². The summed E-state index contributed by atoms with van der Waals surface area (Å²) in [5.74, 6) is -2.26. The first kappa shape index (κ1) is 14.3. The molecule has 5 nitrogen and oxygen atoms in total. The Morgan fingerprint density at radius 1 is 1.57 bits per heavy atom. The molecule has 7 heteroatoms. The van der Waals surface area contributed by atoms with Crippen LogP contribution in [0.25, 0.3) is 0 Å². The molecule has 0 radical (unpaired) electrons. The molecule has 0 bridgehead atoms. The first-order valence-corrected chi connectivity index (χ1v) is 7.40. The number of fused-ring (bicyclic) bond motifs is 1. The number of carbonyl (C=O) groups is 1. The summed E-state index contributed by atoms with van der Waals surface area (Å²) in [4.78, 5) is 12.1. The molecule has 21 heavy (non-hydrogen) atoms. The number of nitrogens with zero attached hydrogens (tertiary/aromatic N) is 2. The lowest BCUT2D eigenvalue weighted by molar-refractivity contribution is 0.00478. The van der Waals surface area contributed by atoms with Crippen molar-refractivity contribution in [1.29, 1.82) is 0 Å². The van der Waals surface area contributed by atoms with E-state index < -0.39 is 5.92 Å². The van der Waals surface area contributed by atoms with E-state index >= 15 is 0 Å². The van der Waals surface area contributed by atoms with Gasteiger partial charge in [-0.3, -0.25) is 4.79 Å². The third kappa shape index (κ3) is 3.16. The number of carbonyl (C=O) groups excluding carboxylic acids is 1. The Labute approximate surface area is 121 Å². The minimum absolute atomic E-state index is 0.00220. The number of hydrogen-bond acceptors (Lipinski definition) is 3. The average molecular weight is 299 g/mol. The van der Waals surface area contributed by atoms with Crippen molar-refractivity contribution in [2.75, 3.05) is 13.2 Å². The molecule has 2 aliphatic rings. The van der Waals surface area contributed by atoms with Crippen LogP contribution in [0.1, 0.15) is 42.5 Å². The zero-order valence-electron chi connectivity index (χ0n) is 11.8. The van der Waals surface area contributed by atoms with Gasteiger partial charge in [0.05, 0.1) is 12.8 Å². The van der Waals surface area contributed by atoms with Gasteiger partial charge in [-0.1, -0.05) is 0 Å². The van der Waals surface area contributed by atoms with Crippen LogP contribution in [0, 0.1) is 5.92 Å². The molecule has 1 saturated carbocycles. The molecule has 116 valence electrons. The van der Waals surface area contributed by atoms with Crippen LogP contribution in [0.15, 0.2) is 6.20 Å². The Morgan fingerprint density at radius 3 is 3.19 bits per heavy atom. The normalized spacial score (nSPS) is 23.4. The molecule has 1 aliphatic heterocycles. The first-order valence-electron chi connectivity index (χ1n) is 7.40. The van der Waals surface area contributed by atoms with Gasteiger partial charge in [0.15, 0.2) is 0 Å². The molecule has 1 aromatic heterocycles. The van der Waals surface area contributed by atoms with Gasteiger partial charge >= 0.3 is 0 Å². The van der Waals surface area contributed by atoms with Gasteiger partial charge in [-0.15, -0.1) is 0 Å². The number of amides is 1. The summed E-state index contributed by atoms with van der Waals surface area (Å²) in [6, 6.07) is 0. The number of halogens is 2. The van der Waals surface area contributed by atoms with Crippen LogP contribution in [0.4, 0.5) is 8.78 Å². The Balaban J connectivity index is 1.50. The van der Waals surface area contributed by atoms with Crippen molar-refractivity contribution in [2.24, 2.45) is 5.92 Å². The molecule has 3 rings (SSSR count). The topological polar surface area (TPSA) is 56.2 Å². The van der Waals surface area contributed by atoms with E-state index in [1.165, 1.54) is 6.20 Å². The second-order valence-corrected chi connectivity index (χ2v) is 5.80. The van der Waals surface area contributed by atoms with Crippen molar-refractivity contribution in [3.05, 3.63) is 11.8 Å². The highest BCUT2D eigenvalue weighted by molar-refractivity contribution is 5.96. The van der Waals surface area contributed by atoms with Gasteiger partial charge in [-0.05, 0) is 18.8 Å². The minimum atomic E-state index is -2.52. The van der Waals surface area contributed by atoms with Gasteiger partial charge in [0.1, 0.15) is 5.56 Å². The van der Waals surface area contributed by atoms with Crippen LogP contribution in [0.3, 0.4) is 0 Å². The summed E-state index contributed by atoms with van der Waals surface area (Å²) < 4.78 is 33.3. The zero-order chi connectivity index (χ0) is 14.9. The Kier molecular flexibility index (Phi) is 3.82. The van der Waals surface area contributed by atoms with E-state index in [0.717, 1.165) is 13.0 Å². The van der Waals surface area contributed by atoms with E-state index in [9.17, 15) is 13.6 Å². The molecule has 0 unspecified atom stereocenters. The number of nitrogens with one attached hydrogen (secondary N) is 1. The molecule has 0 aromatic carbocycles. The van der Waals surface area contributed by atoms with Crippen molar-refractivity contribution in [3.63, 3.8) is 0 Å². The van der Waals surface area contributed by atoms with Crippen LogP contribution in [0.2, 0.25) is 0 Å². The maximum atomic E-state index is 13.1. The van der Waals surface area contributed by atoms with E-state index in [-0.39, 0.29) is 24.7 Å². The molecule has 1 fully saturated rings. The molecule has 0 saturated heterocycles. The molecule has 1 amide bonds. The summed E-state index contributed by atoms with van der Waals surface area (Å²) in [6.07, 6.45) is 3.41. The van der Waals surface area contributed by atoms with E-state index in [4.69, 9.17) is 4.74 Å². The lowest BCUT2D eigenvalue weighted by atomic mass is 10.0. The van der Waals surface area contributed by atoms with Gasteiger partial charge in [0.25, 0.3) is 5.91 Å². The van der Waals surface area contributed by atoms with Crippen molar-refractivity contribution in [3.8, 4) is 5.88 Å². The summed E-state index contributed by atoms with van der Waals surface area (Å²) in [7, 11) is 0. The fourth-order valence-electron chi connectivity index (χ4n) is 3.00. The Hall–Kier alpha value is -1.66. The Morgan fingerprint density at radius 2 is 2.43 bits per heavy atom. The number of rotatable bonds is 4. The van der Waals surface area contributed by atoms with Gasteiger partial charge in [0.2, 0.25) is 11.8 Å². The van der Waals surface area contributed by atoms with Gasteiger partial charge < -0.3 is 10.1 Å². The highest BCUT2D eigenvalue weighted by Gasteiger charge is 2.38. The van der Waals surface area contributed by atoms with Crippen LogP contribution < -0.4 is 10.1 Å². The predicted octanol–water partition coefficient (Wildman–Crippen LogP) is 2.22. The molecule has 0 spiro atoms. The fraction of sp³-hybridized carbons (Fsp3) is 0.714. The summed E-state index contributed by atoms with van der Waals surface area (Å²) in [5, 5.41) is 6.89. The lowest BCUT2D eigenvalue weighted by Crippen LogP contribution is -2.27. The molecule has 1 aromatic rings. The first-order chi connectivity index (χ1) is 10.1. The van der Waals surface area contributed by atoms with Gasteiger partial charge in [0, 0.05) is 32.4 Å². The third-order valence-electron chi connectivity index (χ3n) is 4.13. The average Bonchev–Trinajstić information content (AvgIpc) is 3.02. The number of alkyl halides is 2. The number of aryl methyl sites for hydroxylation is 1. The highest BCUT2D eigenvalue weighted by Crippen LogP contribution is 2.40. The Bertz CT molecular complexity index is 530. The highest BCUT2D eigenvalue weighted by atomic mass is 19.3. The monoisotopic (exact) mass is 299 g/mol. The van der Waals surface area contributed by atoms with Crippen LogP contribution in [-0.4, -0.2) is 34.8 Å². The van der Waals surface area contributed by atoms with E-state index in [1.54, 1.807) is 4.68 Å². The number of hydrogen-bond donors (Lipinski definition) is 1. The zero-order valence-corrected chi connectivity index (χ0v) is 11.8. The largest absolute Gasteiger partial charge is 0.477 e. The summed E-state index contributed by atoms with van der Waals surface area (Å²) in [6.45, 7) is 1.74. The molecule has 2 heterocycles. The minimum Gasteiger partial charge on any atom is -0.477 e. The van der Waals surface area contributed by atoms with Gasteiger partial charge in [-0.2, -0.15) is 5.10 Å². The second kappa shape index (κ2) is 5.61. The maximum absolute atomic E-state index is 13.1. The molecular weight excluding hydrogens is 280 g/mol. The number of ether oxygens (including phenoxy) is 1. The number of aromatic nitrogens is 2. The molecule has 1 atom stereocenters. The van der Waals surface area contributed by atoms with Gasteiger partial charge in [-0.25, -0.2) is 13.5 Å². The summed E-state index contributed by atoms with van der Waals surface area (Å²) in [5.41, 5.74) is 0.423. The van der Waals surface area contributed by atoms with Crippen LogP contribution in [-0.2, 0) is 6.54 Å². The van der Waals surface area contributed by atoms with Crippen molar-refractivity contribution in [1.82, 2.24) is 15.1 Å². The molecule has 1 aliphatic carbocycles. The smallest absolute Gasteiger partial charge is 0.258 e. The fourth-order valence-corrected chi connectivity index (χ4v) is 3.00. The van der Waals surface area contributed by atoms with E-state index in [0.29, 0.717) is 37.4 Å². The van der Waals surface area contributed by atoms with Crippen molar-refractivity contribution >= 4 is 5.91 Å². The predicted molar refractivity (Wildman–Crippen MR) is 71.6 cm³/mol. The summed E-state index contributed by atoms with van der Waals surface area (Å²) >= 11 is 0. The maximum Gasteiger partial charge on any atom is 0.258 e. The quantitative estimate of drug-likeness (QED) is 0.927. The SMILES string of the molecule is O=C(NCC[C@H]1CCC(F)(F)C1)c1cnn2c1OCCC2. The molecular formula is C14H19F2N3O2. The molecule has 1 N–H and O–H groups in total.